The number of nitrogens with one attached hydrogen (secondary N) is 1. The van der Waals surface area contributed by atoms with E-state index in [1.165, 1.54) is 0 Å². The van der Waals surface area contributed by atoms with Crippen LogP contribution in [0.4, 0.5) is 0 Å². The van der Waals surface area contributed by atoms with Gasteiger partial charge in [0.05, 0.1) is 23.4 Å². The molecule has 0 unspecified atom stereocenters. The number of carbonyl (C=O) groups excluding carboxylic acids is 1. The monoisotopic (exact) mass is 418 g/mol. The molecule has 6 heteroatoms. The van der Waals surface area contributed by atoms with E-state index in [0.717, 1.165) is 15.6 Å². The zero-order valence-electron chi connectivity index (χ0n) is 15.4. The van der Waals surface area contributed by atoms with Crippen LogP contribution in [0, 0.1) is 6.92 Å². The highest BCUT2D eigenvalue weighted by Crippen LogP contribution is 2.37. The number of aryl methyl sites for hydroxylation is 1. The van der Waals surface area contributed by atoms with Crippen molar-refractivity contribution in [3.63, 3.8) is 0 Å². The van der Waals surface area contributed by atoms with Crippen LogP contribution >= 0.6 is 15.9 Å². The molecule has 0 saturated carbocycles. The number of amides is 1. The van der Waals surface area contributed by atoms with Crippen molar-refractivity contribution in [2.24, 2.45) is 5.10 Å². The van der Waals surface area contributed by atoms with Crippen molar-refractivity contribution in [1.29, 1.82) is 0 Å². The molecule has 0 spiro atoms. The second-order valence-electron chi connectivity index (χ2n) is 5.94. The van der Waals surface area contributed by atoms with Crippen molar-refractivity contribution < 1.29 is 14.3 Å². The second kappa shape index (κ2) is 9.38. The number of halogens is 1. The lowest BCUT2D eigenvalue weighted by Gasteiger charge is -2.16. The lowest BCUT2D eigenvalue weighted by molar-refractivity contribution is 0.0954. The predicted octanol–water partition coefficient (Wildman–Crippen LogP) is 4.71. The quantitative estimate of drug-likeness (QED) is 0.523. The van der Waals surface area contributed by atoms with E-state index in [4.69, 9.17) is 9.47 Å². The molecule has 0 aliphatic heterocycles. The number of rotatable bonds is 7. The van der Waals surface area contributed by atoms with Crippen LogP contribution in [0.1, 0.15) is 42.3 Å². The third-order valence-corrected chi connectivity index (χ3v) is 4.04. The highest BCUT2D eigenvalue weighted by atomic mass is 79.9. The first-order chi connectivity index (χ1) is 12.4. The first-order valence-electron chi connectivity index (χ1n) is 8.44. The molecule has 2 rings (SSSR count). The average Bonchev–Trinajstić information content (AvgIpc) is 2.58. The van der Waals surface area contributed by atoms with Crippen LogP contribution in [-0.4, -0.2) is 24.8 Å². The first-order valence-corrected chi connectivity index (χ1v) is 9.23. The van der Waals surface area contributed by atoms with Gasteiger partial charge in [-0.25, -0.2) is 5.43 Å². The summed E-state index contributed by atoms with van der Waals surface area (Å²) in [7, 11) is 0. The molecule has 2 aromatic rings. The van der Waals surface area contributed by atoms with Crippen molar-refractivity contribution in [3.8, 4) is 11.5 Å². The van der Waals surface area contributed by atoms with E-state index in [2.05, 4.69) is 26.5 Å². The Morgan fingerprint density at radius 1 is 1.31 bits per heavy atom. The Kier molecular flexibility index (Phi) is 7.21. The van der Waals surface area contributed by atoms with Gasteiger partial charge in [0.2, 0.25) is 0 Å². The number of ether oxygens (including phenoxy) is 2. The van der Waals surface area contributed by atoms with Crippen LogP contribution in [0.5, 0.6) is 11.5 Å². The van der Waals surface area contributed by atoms with E-state index >= 15 is 0 Å². The summed E-state index contributed by atoms with van der Waals surface area (Å²) < 4.78 is 12.2. The zero-order chi connectivity index (χ0) is 19.1. The Balaban J connectivity index is 2.17. The molecule has 0 fully saturated rings. The topological polar surface area (TPSA) is 59.9 Å². The first kappa shape index (κ1) is 20.0. The van der Waals surface area contributed by atoms with Gasteiger partial charge in [-0.3, -0.25) is 4.79 Å². The molecule has 0 saturated heterocycles. The fourth-order valence-electron chi connectivity index (χ4n) is 2.33. The Morgan fingerprint density at radius 3 is 2.69 bits per heavy atom. The second-order valence-corrected chi connectivity index (χ2v) is 6.80. The predicted molar refractivity (Wildman–Crippen MR) is 107 cm³/mol. The summed E-state index contributed by atoms with van der Waals surface area (Å²) in [6.45, 7) is 8.23. The number of hydrazone groups is 1. The summed E-state index contributed by atoms with van der Waals surface area (Å²) in [6, 6.07) is 11.1. The molecule has 0 aromatic heterocycles. The summed E-state index contributed by atoms with van der Waals surface area (Å²) >= 11 is 3.51. The van der Waals surface area contributed by atoms with Crippen LogP contribution in [0.15, 0.2) is 46.0 Å². The SMILES string of the molecule is CCOc1cc(/C=N\NC(=O)c2ccccc2C)cc(Br)c1OC(C)C. The van der Waals surface area contributed by atoms with Gasteiger partial charge in [-0.15, -0.1) is 0 Å². The van der Waals surface area contributed by atoms with E-state index in [1.807, 2.05) is 58.0 Å². The number of hydrogen-bond donors (Lipinski definition) is 1. The largest absolute Gasteiger partial charge is 0.490 e. The molecule has 0 aliphatic carbocycles. The molecule has 5 nitrogen and oxygen atoms in total. The molecule has 0 radical (unpaired) electrons. The highest BCUT2D eigenvalue weighted by Gasteiger charge is 2.13. The minimum atomic E-state index is -0.247. The Labute approximate surface area is 162 Å². The van der Waals surface area contributed by atoms with E-state index in [1.54, 1.807) is 12.3 Å². The Hall–Kier alpha value is -2.34. The summed E-state index contributed by atoms with van der Waals surface area (Å²) in [5.41, 5.74) is 4.83. The molecule has 0 bridgehead atoms. The summed E-state index contributed by atoms with van der Waals surface area (Å²) in [5, 5.41) is 4.05. The minimum Gasteiger partial charge on any atom is -0.490 e. The van der Waals surface area contributed by atoms with E-state index in [-0.39, 0.29) is 12.0 Å². The fourth-order valence-corrected chi connectivity index (χ4v) is 2.88. The maximum atomic E-state index is 12.2. The van der Waals surface area contributed by atoms with Crippen molar-refractivity contribution >= 4 is 28.1 Å². The number of nitrogens with zero attached hydrogens (tertiary/aromatic N) is 1. The van der Waals surface area contributed by atoms with Gasteiger partial charge >= 0.3 is 0 Å². The van der Waals surface area contributed by atoms with Crippen LogP contribution < -0.4 is 14.9 Å². The molecule has 0 atom stereocenters. The molecule has 0 aliphatic rings. The molecule has 1 amide bonds. The average molecular weight is 419 g/mol. The van der Waals surface area contributed by atoms with Crippen LogP contribution in [-0.2, 0) is 0 Å². The Bertz CT molecular complexity index is 804. The van der Waals surface area contributed by atoms with E-state index in [0.29, 0.717) is 23.7 Å². The highest BCUT2D eigenvalue weighted by molar-refractivity contribution is 9.10. The van der Waals surface area contributed by atoms with Gasteiger partial charge in [0.15, 0.2) is 11.5 Å². The molecular weight excluding hydrogens is 396 g/mol. The zero-order valence-corrected chi connectivity index (χ0v) is 17.0. The van der Waals surface area contributed by atoms with Gasteiger partial charge in [-0.05, 0) is 73.0 Å². The van der Waals surface area contributed by atoms with Gasteiger partial charge in [0.25, 0.3) is 5.91 Å². The van der Waals surface area contributed by atoms with Gasteiger partial charge in [0, 0.05) is 5.56 Å². The number of benzene rings is 2. The maximum absolute atomic E-state index is 12.2. The third-order valence-electron chi connectivity index (χ3n) is 3.45. The summed E-state index contributed by atoms with van der Waals surface area (Å²) in [4.78, 5) is 12.2. The summed E-state index contributed by atoms with van der Waals surface area (Å²) in [6.07, 6.45) is 1.60. The Morgan fingerprint density at radius 2 is 2.04 bits per heavy atom. The summed E-state index contributed by atoms with van der Waals surface area (Å²) in [5.74, 6) is 1.04. The normalized spacial score (nSPS) is 11.0. The maximum Gasteiger partial charge on any atom is 0.271 e. The standard InChI is InChI=1S/C20H23BrN2O3/c1-5-25-18-11-15(10-17(21)19(18)26-13(2)3)12-22-23-20(24)16-9-7-6-8-14(16)4/h6-13H,5H2,1-4H3,(H,23,24)/b22-12-. The number of carbonyl (C=O) groups is 1. The number of hydrogen-bond acceptors (Lipinski definition) is 4. The molecule has 138 valence electrons. The smallest absolute Gasteiger partial charge is 0.271 e. The third kappa shape index (κ3) is 5.33. The molecule has 26 heavy (non-hydrogen) atoms. The lowest BCUT2D eigenvalue weighted by atomic mass is 10.1. The molecule has 1 N–H and O–H groups in total. The van der Waals surface area contributed by atoms with Crippen molar-refractivity contribution in [2.45, 2.75) is 33.8 Å². The van der Waals surface area contributed by atoms with E-state index in [9.17, 15) is 4.79 Å². The van der Waals surface area contributed by atoms with Gasteiger partial charge in [-0.1, -0.05) is 18.2 Å². The molecule has 0 heterocycles. The van der Waals surface area contributed by atoms with Gasteiger partial charge in [-0.2, -0.15) is 5.10 Å². The molecular formula is C20H23BrN2O3. The van der Waals surface area contributed by atoms with Crippen molar-refractivity contribution in [1.82, 2.24) is 5.43 Å². The van der Waals surface area contributed by atoms with E-state index < -0.39 is 0 Å². The van der Waals surface area contributed by atoms with Crippen LogP contribution in [0.3, 0.4) is 0 Å². The van der Waals surface area contributed by atoms with Gasteiger partial charge in [0.1, 0.15) is 0 Å². The molecule has 2 aromatic carbocycles. The minimum absolute atomic E-state index is 0.0263. The van der Waals surface area contributed by atoms with Crippen LogP contribution in [0.25, 0.3) is 0 Å². The van der Waals surface area contributed by atoms with Crippen molar-refractivity contribution in [2.75, 3.05) is 6.61 Å². The lowest BCUT2D eigenvalue weighted by Crippen LogP contribution is -2.18. The van der Waals surface area contributed by atoms with Crippen LogP contribution in [0.2, 0.25) is 0 Å². The fraction of sp³-hybridized carbons (Fsp3) is 0.300. The van der Waals surface area contributed by atoms with Crippen molar-refractivity contribution in [3.05, 3.63) is 57.6 Å². The van der Waals surface area contributed by atoms with Gasteiger partial charge < -0.3 is 9.47 Å².